The Labute approximate surface area is 153 Å². The van der Waals surface area contributed by atoms with E-state index >= 15 is 0 Å². The SMILES string of the molecule is NC1=C(N(C2=C(O)CCCC2=O)c2cccc(F)c2Br)C(=O)CCC1. The predicted molar refractivity (Wildman–Crippen MR) is 95.2 cm³/mol. The number of nitrogens with zero attached hydrogens (tertiary/aromatic N) is 1. The number of hydrogen-bond acceptors (Lipinski definition) is 5. The van der Waals surface area contributed by atoms with Gasteiger partial charge in [0.1, 0.15) is 23.0 Å². The van der Waals surface area contributed by atoms with E-state index < -0.39 is 5.82 Å². The van der Waals surface area contributed by atoms with Crippen LogP contribution in [0.1, 0.15) is 38.5 Å². The standard InChI is InChI=1S/C18H18BrFN2O3/c19-16-10(20)4-1-6-12(16)22(17-11(21)5-2-7-13(17)23)18-14(24)8-3-9-15(18)25/h1,4,6,24H,2-3,5,7-9,21H2. The van der Waals surface area contributed by atoms with Gasteiger partial charge in [0.15, 0.2) is 11.6 Å². The van der Waals surface area contributed by atoms with Crippen LogP contribution in [0.15, 0.2) is 45.5 Å². The highest BCUT2D eigenvalue weighted by Crippen LogP contribution is 2.39. The number of Topliss-reactive ketones (excluding diaryl/α,β-unsaturated/α-hetero) is 2. The van der Waals surface area contributed by atoms with Crippen LogP contribution < -0.4 is 10.6 Å². The highest BCUT2D eigenvalue weighted by atomic mass is 79.9. The molecule has 0 atom stereocenters. The van der Waals surface area contributed by atoms with E-state index in [4.69, 9.17) is 5.73 Å². The van der Waals surface area contributed by atoms with Crippen LogP contribution in [0.2, 0.25) is 0 Å². The normalized spacial score (nSPS) is 18.8. The van der Waals surface area contributed by atoms with E-state index in [0.717, 1.165) is 0 Å². The van der Waals surface area contributed by atoms with Crippen LogP contribution in [0.25, 0.3) is 0 Å². The van der Waals surface area contributed by atoms with Gasteiger partial charge >= 0.3 is 0 Å². The second-order valence-corrected chi connectivity index (χ2v) is 6.92. The minimum absolute atomic E-state index is 0.00532. The Bertz CT molecular complexity index is 775. The average molecular weight is 409 g/mol. The second kappa shape index (κ2) is 7.00. The number of rotatable bonds is 3. The first-order valence-electron chi connectivity index (χ1n) is 8.13. The Kier molecular flexibility index (Phi) is 4.94. The van der Waals surface area contributed by atoms with Crippen molar-refractivity contribution in [2.75, 3.05) is 4.90 Å². The largest absolute Gasteiger partial charge is 0.510 e. The first-order chi connectivity index (χ1) is 11.9. The van der Waals surface area contributed by atoms with Gasteiger partial charge in [0.2, 0.25) is 0 Å². The molecule has 0 bridgehead atoms. The Morgan fingerprint density at radius 3 is 2.32 bits per heavy atom. The Morgan fingerprint density at radius 1 is 1.04 bits per heavy atom. The van der Waals surface area contributed by atoms with Gasteiger partial charge in [0.25, 0.3) is 0 Å². The van der Waals surface area contributed by atoms with Gasteiger partial charge in [-0.05, 0) is 47.3 Å². The number of aliphatic hydroxyl groups excluding tert-OH is 1. The zero-order valence-electron chi connectivity index (χ0n) is 13.5. The van der Waals surface area contributed by atoms with Crippen molar-refractivity contribution in [2.45, 2.75) is 38.5 Å². The van der Waals surface area contributed by atoms with Crippen molar-refractivity contribution in [2.24, 2.45) is 5.73 Å². The van der Waals surface area contributed by atoms with Gasteiger partial charge in [-0.1, -0.05) is 6.07 Å². The molecule has 25 heavy (non-hydrogen) atoms. The van der Waals surface area contributed by atoms with E-state index in [2.05, 4.69) is 15.9 Å². The number of aliphatic hydroxyl groups is 1. The molecule has 0 amide bonds. The number of hydrogen-bond donors (Lipinski definition) is 2. The molecule has 3 rings (SSSR count). The van der Waals surface area contributed by atoms with Crippen LogP contribution in [0, 0.1) is 5.82 Å². The lowest BCUT2D eigenvalue weighted by Crippen LogP contribution is -2.37. The molecule has 2 aliphatic rings. The van der Waals surface area contributed by atoms with Gasteiger partial charge in [-0.3, -0.25) is 14.5 Å². The number of halogens is 2. The summed E-state index contributed by atoms with van der Waals surface area (Å²) in [6.07, 6.45) is 2.55. The fourth-order valence-corrected chi connectivity index (χ4v) is 3.65. The lowest BCUT2D eigenvalue weighted by molar-refractivity contribution is -0.116. The Hall–Kier alpha value is -2.15. The smallest absolute Gasteiger partial charge is 0.183 e. The van der Waals surface area contributed by atoms with Crippen molar-refractivity contribution in [3.05, 3.63) is 51.3 Å². The molecule has 132 valence electrons. The summed E-state index contributed by atoms with van der Waals surface area (Å²) in [6, 6.07) is 4.33. The van der Waals surface area contributed by atoms with Crippen molar-refractivity contribution in [1.29, 1.82) is 0 Å². The molecule has 7 heteroatoms. The summed E-state index contributed by atoms with van der Waals surface area (Å²) in [6.45, 7) is 0. The number of nitrogens with two attached hydrogens (primary N) is 1. The van der Waals surface area contributed by atoms with Gasteiger partial charge in [-0.15, -0.1) is 0 Å². The Morgan fingerprint density at radius 2 is 1.68 bits per heavy atom. The minimum Gasteiger partial charge on any atom is -0.510 e. The van der Waals surface area contributed by atoms with Crippen molar-refractivity contribution >= 4 is 33.2 Å². The van der Waals surface area contributed by atoms with E-state index in [1.54, 1.807) is 6.07 Å². The van der Waals surface area contributed by atoms with Crippen LogP contribution >= 0.6 is 15.9 Å². The third-order valence-corrected chi connectivity index (χ3v) is 5.18. The summed E-state index contributed by atoms with van der Waals surface area (Å²) >= 11 is 3.19. The first-order valence-corrected chi connectivity index (χ1v) is 8.92. The molecule has 3 N–H and O–H groups in total. The van der Waals surface area contributed by atoms with E-state index in [1.807, 2.05) is 0 Å². The number of ketones is 2. The summed E-state index contributed by atoms with van der Waals surface area (Å²) in [5.41, 5.74) is 6.85. The number of carbonyl (C=O) groups is 2. The number of benzene rings is 1. The Balaban J connectivity index is 2.28. The number of allylic oxidation sites excluding steroid dienone is 4. The lowest BCUT2D eigenvalue weighted by atomic mass is 9.94. The molecule has 0 unspecified atom stereocenters. The zero-order chi connectivity index (χ0) is 18.1. The molecule has 0 aromatic heterocycles. The quantitative estimate of drug-likeness (QED) is 0.793. The average Bonchev–Trinajstić information content (AvgIpc) is 2.56. The molecule has 1 aromatic rings. The van der Waals surface area contributed by atoms with Crippen molar-refractivity contribution in [3.63, 3.8) is 0 Å². The molecule has 0 aliphatic heterocycles. The molecule has 0 radical (unpaired) electrons. The molecule has 0 heterocycles. The van der Waals surface area contributed by atoms with Gasteiger partial charge < -0.3 is 10.8 Å². The van der Waals surface area contributed by atoms with Gasteiger partial charge in [0.05, 0.1) is 10.2 Å². The van der Waals surface area contributed by atoms with E-state index in [9.17, 15) is 19.1 Å². The molecular formula is C18H18BrFN2O3. The molecular weight excluding hydrogens is 391 g/mol. The van der Waals surface area contributed by atoms with Gasteiger partial charge in [-0.25, -0.2) is 4.39 Å². The maximum Gasteiger partial charge on any atom is 0.183 e. The third-order valence-electron chi connectivity index (χ3n) is 4.39. The second-order valence-electron chi connectivity index (χ2n) is 6.13. The topological polar surface area (TPSA) is 83.6 Å². The van der Waals surface area contributed by atoms with Crippen LogP contribution in [0.5, 0.6) is 0 Å². The summed E-state index contributed by atoms with van der Waals surface area (Å²) in [4.78, 5) is 26.4. The van der Waals surface area contributed by atoms with Crippen molar-refractivity contribution < 1.29 is 19.1 Å². The number of anilines is 1. The maximum atomic E-state index is 14.1. The summed E-state index contributed by atoms with van der Waals surface area (Å²) in [7, 11) is 0. The molecule has 0 fully saturated rings. The zero-order valence-corrected chi connectivity index (χ0v) is 15.1. The molecule has 1 aromatic carbocycles. The van der Waals surface area contributed by atoms with E-state index in [-0.39, 0.29) is 45.3 Å². The predicted octanol–water partition coefficient (Wildman–Crippen LogP) is 3.84. The van der Waals surface area contributed by atoms with Crippen LogP contribution in [-0.4, -0.2) is 16.7 Å². The third kappa shape index (κ3) is 3.20. The number of carbonyl (C=O) groups excluding carboxylic acids is 2. The van der Waals surface area contributed by atoms with Gasteiger partial charge in [-0.2, -0.15) is 0 Å². The van der Waals surface area contributed by atoms with Crippen molar-refractivity contribution in [1.82, 2.24) is 0 Å². The van der Waals surface area contributed by atoms with Gasteiger partial charge in [0, 0.05) is 25.0 Å². The molecule has 0 saturated carbocycles. The van der Waals surface area contributed by atoms with E-state index in [1.165, 1.54) is 17.0 Å². The van der Waals surface area contributed by atoms with Crippen LogP contribution in [-0.2, 0) is 9.59 Å². The van der Waals surface area contributed by atoms with Crippen molar-refractivity contribution in [3.8, 4) is 0 Å². The fourth-order valence-electron chi connectivity index (χ4n) is 3.21. The monoisotopic (exact) mass is 408 g/mol. The first kappa shape index (κ1) is 17.7. The highest BCUT2D eigenvalue weighted by molar-refractivity contribution is 9.10. The molecule has 0 spiro atoms. The summed E-state index contributed by atoms with van der Waals surface area (Å²) < 4.78 is 14.2. The van der Waals surface area contributed by atoms with Crippen LogP contribution in [0.4, 0.5) is 10.1 Å². The molecule has 2 aliphatic carbocycles. The fraction of sp³-hybridized carbons (Fsp3) is 0.333. The van der Waals surface area contributed by atoms with Crippen LogP contribution in [0.3, 0.4) is 0 Å². The molecule has 0 saturated heterocycles. The highest BCUT2D eigenvalue weighted by Gasteiger charge is 2.35. The summed E-state index contributed by atoms with van der Waals surface area (Å²) in [5.74, 6) is -1.16. The van der Waals surface area contributed by atoms with E-state index in [0.29, 0.717) is 37.8 Å². The maximum absolute atomic E-state index is 14.1. The summed E-state index contributed by atoms with van der Waals surface area (Å²) in [5, 5.41) is 10.4. The lowest BCUT2D eigenvalue weighted by Gasteiger charge is -2.33. The molecule has 5 nitrogen and oxygen atoms in total. The minimum atomic E-state index is -0.534.